The minimum atomic E-state index is 0.365. The number of rotatable bonds is 5. The van der Waals surface area contributed by atoms with E-state index in [1.54, 1.807) is 0 Å². The average Bonchev–Trinajstić information content (AvgIpc) is 2.11. The summed E-state index contributed by atoms with van der Waals surface area (Å²) in [6.45, 7) is 12.6. The summed E-state index contributed by atoms with van der Waals surface area (Å²) < 4.78 is 0. The Morgan fingerprint density at radius 3 is 2.07 bits per heavy atom. The van der Waals surface area contributed by atoms with Gasteiger partial charge in [-0.25, -0.2) is 0 Å². The topological polar surface area (TPSA) is 3.24 Å². The molecular weight excluding hydrogens is 190 g/mol. The summed E-state index contributed by atoms with van der Waals surface area (Å²) in [4.78, 5) is 2.46. The molecule has 0 rings (SSSR count). The highest BCUT2D eigenvalue weighted by atomic mass is 32.1. The predicted octanol–water partition coefficient (Wildman–Crippen LogP) is 3.31. The standard InChI is InChI=1S/C12H27NS/c1-7-11(9-14)8-13(6)10(2)12(3,4)5/h10-11,14H,7-9H2,1-6H3. The van der Waals surface area contributed by atoms with E-state index in [9.17, 15) is 0 Å². The lowest BCUT2D eigenvalue weighted by atomic mass is 9.86. The highest BCUT2D eigenvalue weighted by Gasteiger charge is 2.24. The molecule has 0 radical (unpaired) electrons. The van der Waals surface area contributed by atoms with Crippen molar-refractivity contribution in [3.63, 3.8) is 0 Å². The van der Waals surface area contributed by atoms with Crippen molar-refractivity contribution in [1.29, 1.82) is 0 Å². The third-order valence-electron chi connectivity index (χ3n) is 3.30. The molecule has 1 nitrogen and oxygen atoms in total. The van der Waals surface area contributed by atoms with Gasteiger partial charge in [0.25, 0.3) is 0 Å². The van der Waals surface area contributed by atoms with Gasteiger partial charge in [-0.15, -0.1) is 0 Å². The molecule has 86 valence electrons. The van der Waals surface area contributed by atoms with E-state index in [1.807, 2.05) is 0 Å². The maximum absolute atomic E-state index is 4.38. The zero-order chi connectivity index (χ0) is 11.4. The molecule has 0 aliphatic heterocycles. The van der Waals surface area contributed by atoms with Crippen LogP contribution in [0.5, 0.6) is 0 Å². The molecule has 0 fully saturated rings. The zero-order valence-electron chi connectivity index (χ0n) is 10.7. The van der Waals surface area contributed by atoms with E-state index in [-0.39, 0.29) is 0 Å². The highest BCUT2D eigenvalue weighted by Crippen LogP contribution is 2.24. The summed E-state index contributed by atoms with van der Waals surface area (Å²) in [7, 11) is 2.22. The van der Waals surface area contributed by atoms with Gasteiger partial charge in [0.15, 0.2) is 0 Å². The molecule has 0 spiro atoms. The third-order valence-corrected chi connectivity index (χ3v) is 3.81. The largest absolute Gasteiger partial charge is 0.303 e. The van der Waals surface area contributed by atoms with Gasteiger partial charge in [-0.05, 0) is 31.1 Å². The first-order valence-corrected chi connectivity index (χ1v) is 6.27. The monoisotopic (exact) mass is 217 g/mol. The minimum Gasteiger partial charge on any atom is -0.303 e. The van der Waals surface area contributed by atoms with E-state index in [0.29, 0.717) is 11.5 Å². The van der Waals surface area contributed by atoms with E-state index in [2.05, 4.69) is 59.2 Å². The van der Waals surface area contributed by atoms with Gasteiger partial charge in [0.1, 0.15) is 0 Å². The Morgan fingerprint density at radius 2 is 1.79 bits per heavy atom. The summed E-state index contributed by atoms with van der Waals surface area (Å²) >= 11 is 4.38. The molecular formula is C12H27NS. The lowest BCUT2D eigenvalue weighted by molar-refractivity contribution is 0.125. The lowest BCUT2D eigenvalue weighted by Crippen LogP contribution is -2.41. The molecule has 0 aliphatic rings. The fraction of sp³-hybridized carbons (Fsp3) is 1.00. The molecule has 2 unspecified atom stereocenters. The summed E-state index contributed by atoms with van der Waals surface area (Å²) in [5.74, 6) is 1.73. The number of hydrogen-bond donors (Lipinski definition) is 1. The normalized spacial score (nSPS) is 17.1. The van der Waals surface area contributed by atoms with Crippen molar-refractivity contribution in [3.8, 4) is 0 Å². The molecule has 2 atom stereocenters. The highest BCUT2D eigenvalue weighted by molar-refractivity contribution is 7.80. The van der Waals surface area contributed by atoms with Crippen molar-refractivity contribution in [2.75, 3.05) is 19.3 Å². The first-order valence-electron chi connectivity index (χ1n) is 5.64. The third kappa shape index (κ3) is 4.70. The Labute approximate surface area is 95.7 Å². The predicted molar refractivity (Wildman–Crippen MR) is 69.2 cm³/mol. The molecule has 0 saturated heterocycles. The fourth-order valence-corrected chi connectivity index (χ4v) is 1.92. The molecule has 0 heterocycles. The van der Waals surface area contributed by atoms with Crippen molar-refractivity contribution >= 4 is 12.6 Å². The van der Waals surface area contributed by atoms with Crippen LogP contribution in [0.1, 0.15) is 41.0 Å². The fourth-order valence-electron chi connectivity index (χ4n) is 1.54. The number of hydrogen-bond acceptors (Lipinski definition) is 2. The van der Waals surface area contributed by atoms with Gasteiger partial charge in [0.2, 0.25) is 0 Å². The van der Waals surface area contributed by atoms with Crippen molar-refractivity contribution in [1.82, 2.24) is 4.90 Å². The van der Waals surface area contributed by atoms with Gasteiger partial charge in [-0.1, -0.05) is 34.1 Å². The molecule has 2 heteroatoms. The van der Waals surface area contributed by atoms with Crippen LogP contribution in [0.2, 0.25) is 0 Å². The van der Waals surface area contributed by atoms with Gasteiger partial charge >= 0.3 is 0 Å². The number of nitrogens with zero attached hydrogens (tertiary/aromatic N) is 1. The van der Waals surface area contributed by atoms with Crippen molar-refractivity contribution in [2.45, 2.75) is 47.1 Å². The smallest absolute Gasteiger partial charge is 0.0112 e. The van der Waals surface area contributed by atoms with Crippen LogP contribution in [-0.2, 0) is 0 Å². The van der Waals surface area contributed by atoms with Crippen molar-refractivity contribution < 1.29 is 0 Å². The van der Waals surface area contributed by atoms with Crippen molar-refractivity contribution in [3.05, 3.63) is 0 Å². The zero-order valence-corrected chi connectivity index (χ0v) is 11.6. The van der Waals surface area contributed by atoms with Gasteiger partial charge in [0.05, 0.1) is 0 Å². The molecule has 0 saturated carbocycles. The van der Waals surface area contributed by atoms with Crippen LogP contribution in [0.25, 0.3) is 0 Å². The Bertz CT molecular complexity index is 147. The Balaban J connectivity index is 4.13. The first kappa shape index (κ1) is 14.3. The van der Waals surface area contributed by atoms with Crippen LogP contribution in [0, 0.1) is 11.3 Å². The Kier molecular flexibility index (Phi) is 6.15. The minimum absolute atomic E-state index is 0.365. The van der Waals surface area contributed by atoms with Crippen LogP contribution in [-0.4, -0.2) is 30.3 Å². The van der Waals surface area contributed by atoms with Gasteiger partial charge in [0, 0.05) is 12.6 Å². The summed E-state index contributed by atoms with van der Waals surface area (Å²) in [5.41, 5.74) is 0.365. The first-order chi connectivity index (χ1) is 6.32. The lowest BCUT2D eigenvalue weighted by Gasteiger charge is -2.37. The molecule has 0 aromatic rings. The van der Waals surface area contributed by atoms with Crippen LogP contribution in [0.3, 0.4) is 0 Å². The summed E-state index contributed by atoms with van der Waals surface area (Å²) in [6.07, 6.45) is 1.23. The second-order valence-corrected chi connectivity index (χ2v) is 5.80. The van der Waals surface area contributed by atoms with E-state index in [0.717, 1.165) is 11.7 Å². The molecule has 0 aliphatic carbocycles. The maximum Gasteiger partial charge on any atom is 0.0112 e. The Morgan fingerprint density at radius 1 is 1.29 bits per heavy atom. The van der Waals surface area contributed by atoms with E-state index >= 15 is 0 Å². The second kappa shape index (κ2) is 6.02. The van der Waals surface area contributed by atoms with Gasteiger partial charge in [-0.2, -0.15) is 12.6 Å². The van der Waals surface area contributed by atoms with Crippen LogP contribution in [0.15, 0.2) is 0 Å². The van der Waals surface area contributed by atoms with E-state index in [4.69, 9.17) is 0 Å². The molecule has 0 bridgehead atoms. The molecule has 0 aromatic carbocycles. The Hall–Kier alpha value is 0.310. The van der Waals surface area contributed by atoms with E-state index in [1.165, 1.54) is 13.0 Å². The molecule has 0 amide bonds. The molecule has 0 aromatic heterocycles. The SMILES string of the molecule is CCC(CS)CN(C)C(C)C(C)(C)C. The van der Waals surface area contributed by atoms with E-state index < -0.39 is 0 Å². The molecule has 14 heavy (non-hydrogen) atoms. The van der Waals surface area contributed by atoms with Crippen LogP contribution >= 0.6 is 12.6 Å². The quantitative estimate of drug-likeness (QED) is 0.692. The maximum atomic E-state index is 4.38. The van der Waals surface area contributed by atoms with Gasteiger partial charge < -0.3 is 4.90 Å². The average molecular weight is 217 g/mol. The number of thiol groups is 1. The van der Waals surface area contributed by atoms with Gasteiger partial charge in [-0.3, -0.25) is 0 Å². The van der Waals surface area contributed by atoms with Crippen LogP contribution in [0.4, 0.5) is 0 Å². The van der Waals surface area contributed by atoms with Crippen LogP contribution < -0.4 is 0 Å². The van der Waals surface area contributed by atoms with Crippen molar-refractivity contribution in [2.24, 2.45) is 11.3 Å². The summed E-state index contributed by atoms with van der Waals surface area (Å²) in [5, 5.41) is 0. The second-order valence-electron chi connectivity index (χ2n) is 5.44. The molecule has 0 N–H and O–H groups in total. The summed E-state index contributed by atoms with van der Waals surface area (Å²) in [6, 6.07) is 0.622.